The molecule has 2 heterocycles. The lowest BCUT2D eigenvalue weighted by Crippen LogP contribution is -2.51. The van der Waals surface area contributed by atoms with E-state index in [1.807, 2.05) is 10.3 Å². The van der Waals surface area contributed by atoms with Crippen molar-refractivity contribution in [3.8, 4) is 5.75 Å². The van der Waals surface area contributed by atoms with Gasteiger partial charge >= 0.3 is 0 Å². The van der Waals surface area contributed by atoms with E-state index in [4.69, 9.17) is 9.47 Å². The number of piperazine rings is 1. The maximum Gasteiger partial charge on any atom is 0.236 e. The van der Waals surface area contributed by atoms with Crippen molar-refractivity contribution in [2.45, 2.75) is 25.0 Å². The molecule has 4 rings (SSSR count). The quantitative estimate of drug-likeness (QED) is 0.579. The normalized spacial score (nSPS) is 21.0. The first-order valence-electron chi connectivity index (χ1n) is 10.8. The fraction of sp³-hybridized carbons (Fsp3) is 0.545. The number of hydrogen-bond donors (Lipinski definition) is 1. The molecule has 1 saturated carbocycles. The van der Waals surface area contributed by atoms with E-state index in [2.05, 4.69) is 15.2 Å². The average molecular weight is 467 g/mol. The molecule has 1 aliphatic carbocycles. The number of thiazole rings is 1. The summed E-state index contributed by atoms with van der Waals surface area (Å²) in [4.78, 5) is 20.8. The van der Waals surface area contributed by atoms with E-state index in [0.717, 1.165) is 25.7 Å². The van der Waals surface area contributed by atoms with Gasteiger partial charge in [0.15, 0.2) is 11.6 Å². The van der Waals surface area contributed by atoms with Gasteiger partial charge in [-0.15, -0.1) is 11.3 Å². The fourth-order valence-corrected chi connectivity index (χ4v) is 4.54. The lowest BCUT2D eigenvalue weighted by molar-refractivity contribution is -0.132. The minimum Gasteiger partial charge on any atom is -0.484 e. The van der Waals surface area contributed by atoms with Crippen molar-refractivity contribution in [2.75, 3.05) is 53.0 Å². The van der Waals surface area contributed by atoms with Crippen LogP contribution in [0.15, 0.2) is 23.0 Å². The van der Waals surface area contributed by atoms with Crippen LogP contribution < -0.4 is 10.1 Å². The van der Waals surface area contributed by atoms with Gasteiger partial charge in [-0.2, -0.15) is 0 Å². The Bertz CT molecular complexity index is 907. The van der Waals surface area contributed by atoms with Crippen LogP contribution in [0, 0.1) is 11.6 Å². The third-order valence-electron chi connectivity index (χ3n) is 5.93. The van der Waals surface area contributed by atoms with E-state index in [-0.39, 0.29) is 36.8 Å². The van der Waals surface area contributed by atoms with E-state index in [1.165, 1.54) is 17.4 Å². The minimum atomic E-state index is -0.719. The zero-order chi connectivity index (χ0) is 22.5. The molecule has 1 aromatic heterocycles. The Morgan fingerprint density at radius 1 is 1.28 bits per heavy atom. The van der Waals surface area contributed by atoms with Crippen molar-refractivity contribution in [1.82, 2.24) is 20.1 Å². The van der Waals surface area contributed by atoms with Crippen LogP contribution in [0.25, 0.3) is 0 Å². The van der Waals surface area contributed by atoms with Gasteiger partial charge in [0.05, 0.1) is 24.4 Å². The molecule has 7 nitrogen and oxygen atoms in total. The Hall–Kier alpha value is -2.14. The molecule has 1 N–H and O–H groups in total. The molecule has 1 aromatic carbocycles. The third-order valence-corrected chi connectivity index (χ3v) is 6.56. The van der Waals surface area contributed by atoms with Crippen molar-refractivity contribution in [1.29, 1.82) is 0 Å². The number of halogens is 2. The molecule has 0 spiro atoms. The second-order valence-corrected chi connectivity index (χ2v) is 8.84. The molecule has 1 aliphatic heterocycles. The van der Waals surface area contributed by atoms with Crippen LogP contribution in [0.5, 0.6) is 5.75 Å². The summed E-state index contributed by atoms with van der Waals surface area (Å²) in [6.45, 7) is 4.97. The summed E-state index contributed by atoms with van der Waals surface area (Å²) in [5.74, 6) is -1.33. The van der Waals surface area contributed by atoms with Crippen LogP contribution in [0.2, 0.25) is 0 Å². The summed E-state index contributed by atoms with van der Waals surface area (Å²) in [5, 5.41) is 5.07. The SMILES string of the molecule is COCCN1CCN(C(=O)CNC2CC2c2cc(F)cc(F)c2OCc2cscn2)CC1. The minimum absolute atomic E-state index is 0.00948. The number of carbonyl (C=O) groups is 1. The number of amides is 1. The van der Waals surface area contributed by atoms with Gasteiger partial charge in [-0.3, -0.25) is 9.69 Å². The largest absolute Gasteiger partial charge is 0.484 e. The highest BCUT2D eigenvalue weighted by molar-refractivity contribution is 7.07. The zero-order valence-corrected chi connectivity index (χ0v) is 18.9. The molecule has 0 radical (unpaired) electrons. The van der Waals surface area contributed by atoms with E-state index in [1.54, 1.807) is 12.6 Å². The summed E-state index contributed by atoms with van der Waals surface area (Å²) in [6, 6.07) is 2.15. The second kappa shape index (κ2) is 10.7. The Kier molecular flexibility index (Phi) is 7.67. The molecule has 2 fully saturated rings. The number of aromatic nitrogens is 1. The van der Waals surface area contributed by atoms with E-state index in [0.29, 0.717) is 37.4 Å². The molecule has 2 aromatic rings. The van der Waals surface area contributed by atoms with Crippen molar-refractivity contribution >= 4 is 17.2 Å². The number of benzene rings is 1. The Morgan fingerprint density at radius 3 is 2.81 bits per heavy atom. The standard InChI is InChI=1S/C22H28F2N4O3S/c1-30-7-6-27-2-4-28(5-3-27)21(29)11-25-20-10-17(20)18-8-15(23)9-19(24)22(18)31-12-16-13-32-14-26-16/h8-9,13-14,17,20,25H,2-7,10-12H2,1H3. The van der Waals surface area contributed by atoms with Crippen LogP contribution in [0.1, 0.15) is 23.6 Å². The lowest BCUT2D eigenvalue weighted by atomic mass is 10.1. The van der Waals surface area contributed by atoms with Crippen molar-refractivity contribution in [3.05, 3.63) is 45.9 Å². The number of nitrogens with zero attached hydrogens (tertiary/aromatic N) is 3. The van der Waals surface area contributed by atoms with Gasteiger partial charge in [0.25, 0.3) is 0 Å². The average Bonchev–Trinajstić information content (AvgIpc) is 3.38. The number of rotatable bonds is 10. The number of nitrogens with one attached hydrogen (secondary N) is 1. The predicted molar refractivity (Wildman–Crippen MR) is 117 cm³/mol. The summed E-state index contributed by atoms with van der Waals surface area (Å²) in [6.07, 6.45) is 0.702. The first-order valence-corrected chi connectivity index (χ1v) is 11.7. The molecule has 1 saturated heterocycles. The molecule has 10 heteroatoms. The Labute approximate surface area is 190 Å². The first kappa shape index (κ1) is 23.0. The van der Waals surface area contributed by atoms with Crippen molar-refractivity contribution in [3.63, 3.8) is 0 Å². The maximum atomic E-state index is 14.4. The predicted octanol–water partition coefficient (Wildman–Crippen LogP) is 2.24. The second-order valence-electron chi connectivity index (χ2n) is 8.12. The van der Waals surface area contributed by atoms with Crippen LogP contribution >= 0.6 is 11.3 Å². The number of methoxy groups -OCH3 is 1. The van der Waals surface area contributed by atoms with Gasteiger partial charge in [-0.25, -0.2) is 13.8 Å². The molecule has 2 aliphatic rings. The van der Waals surface area contributed by atoms with Crippen molar-refractivity contribution in [2.24, 2.45) is 0 Å². The van der Waals surface area contributed by atoms with E-state index < -0.39 is 11.6 Å². The molecule has 0 bridgehead atoms. The third kappa shape index (κ3) is 5.80. The van der Waals surface area contributed by atoms with Crippen LogP contribution in [0.3, 0.4) is 0 Å². The summed E-state index contributed by atoms with van der Waals surface area (Å²) in [7, 11) is 1.69. The number of ether oxygens (including phenoxy) is 2. The van der Waals surface area contributed by atoms with E-state index in [9.17, 15) is 13.6 Å². The Balaban J connectivity index is 1.28. The van der Waals surface area contributed by atoms with Gasteiger partial charge < -0.3 is 19.7 Å². The first-order chi connectivity index (χ1) is 15.5. The van der Waals surface area contributed by atoms with Gasteiger partial charge in [-0.05, 0) is 12.5 Å². The van der Waals surface area contributed by atoms with Gasteiger partial charge in [0.2, 0.25) is 5.91 Å². The maximum absolute atomic E-state index is 14.4. The van der Waals surface area contributed by atoms with Gasteiger partial charge in [0, 0.05) is 68.8 Å². The highest BCUT2D eigenvalue weighted by Crippen LogP contribution is 2.46. The lowest BCUT2D eigenvalue weighted by Gasteiger charge is -2.34. The summed E-state index contributed by atoms with van der Waals surface area (Å²) < 4.78 is 39.1. The molecule has 174 valence electrons. The summed E-state index contributed by atoms with van der Waals surface area (Å²) >= 11 is 1.43. The van der Waals surface area contributed by atoms with Crippen LogP contribution in [0.4, 0.5) is 8.78 Å². The number of hydrogen-bond acceptors (Lipinski definition) is 7. The number of carbonyl (C=O) groups excluding carboxylic acids is 1. The highest BCUT2D eigenvalue weighted by Gasteiger charge is 2.41. The molecule has 2 unspecified atom stereocenters. The molecule has 1 amide bonds. The van der Waals surface area contributed by atoms with Gasteiger partial charge in [-0.1, -0.05) is 0 Å². The Morgan fingerprint density at radius 2 is 2.09 bits per heavy atom. The zero-order valence-electron chi connectivity index (χ0n) is 18.1. The molecule has 2 atom stereocenters. The highest BCUT2D eigenvalue weighted by atomic mass is 32.1. The van der Waals surface area contributed by atoms with Crippen LogP contribution in [-0.4, -0.2) is 79.7 Å². The topological polar surface area (TPSA) is 66.9 Å². The monoisotopic (exact) mass is 466 g/mol. The molecular weight excluding hydrogens is 438 g/mol. The molecule has 32 heavy (non-hydrogen) atoms. The fourth-order valence-electron chi connectivity index (χ4n) is 4.00. The molecular formula is C22H28F2N4O3S. The van der Waals surface area contributed by atoms with Crippen molar-refractivity contribution < 1.29 is 23.0 Å². The van der Waals surface area contributed by atoms with Gasteiger partial charge in [0.1, 0.15) is 12.4 Å². The smallest absolute Gasteiger partial charge is 0.236 e. The summed E-state index contributed by atoms with van der Waals surface area (Å²) in [5.41, 5.74) is 2.87. The van der Waals surface area contributed by atoms with E-state index >= 15 is 0 Å². The van der Waals surface area contributed by atoms with Crippen LogP contribution in [-0.2, 0) is 16.1 Å².